The molecule has 1 atom stereocenters. The zero-order valence-corrected chi connectivity index (χ0v) is 45.1. The van der Waals surface area contributed by atoms with Crippen molar-refractivity contribution in [2.24, 2.45) is 0 Å². The SMILES string of the molecule is CC/C=C\C/C=C\C/C=C\C/C=C\CCC(=O)OC(CO)COC(=O)CCCCCCCCCCCCCCCCCCCCCCCCCCCCCCC/C=C\C/C=C\CCCCCCC. The van der Waals surface area contributed by atoms with E-state index < -0.39 is 12.1 Å². The number of hydrogen-bond donors (Lipinski definition) is 1. The summed E-state index contributed by atoms with van der Waals surface area (Å²) in [6.45, 7) is 3.97. The van der Waals surface area contributed by atoms with Crippen LogP contribution in [0.25, 0.3) is 0 Å². The van der Waals surface area contributed by atoms with Crippen LogP contribution >= 0.6 is 0 Å². The minimum absolute atomic E-state index is 0.0939. The van der Waals surface area contributed by atoms with Gasteiger partial charge in [0.25, 0.3) is 0 Å². The van der Waals surface area contributed by atoms with Crippen molar-refractivity contribution in [1.29, 1.82) is 0 Å². The Bertz CT molecular complexity index is 1210. The summed E-state index contributed by atoms with van der Waals surface area (Å²) in [6, 6.07) is 0. The third-order valence-electron chi connectivity index (χ3n) is 13.0. The summed E-state index contributed by atoms with van der Waals surface area (Å²) < 4.78 is 10.6. The van der Waals surface area contributed by atoms with E-state index in [0.717, 1.165) is 51.4 Å². The Morgan fingerprint density at radius 1 is 0.353 bits per heavy atom. The molecule has 68 heavy (non-hydrogen) atoms. The number of carbonyl (C=O) groups is 2. The van der Waals surface area contributed by atoms with Crippen LogP contribution in [0.2, 0.25) is 0 Å². The van der Waals surface area contributed by atoms with E-state index in [2.05, 4.69) is 74.6 Å². The number of ether oxygens (including phenoxy) is 2. The van der Waals surface area contributed by atoms with Gasteiger partial charge in [-0.3, -0.25) is 9.59 Å². The van der Waals surface area contributed by atoms with Gasteiger partial charge in [-0.2, -0.15) is 0 Å². The van der Waals surface area contributed by atoms with Gasteiger partial charge in [0, 0.05) is 12.8 Å². The summed E-state index contributed by atoms with van der Waals surface area (Å²) >= 11 is 0. The zero-order chi connectivity index (χ0) is 49.2. The van der Waals surface area contributed by atoms with Crippen LogP contribution in [0.3, 0.4) is 0 Å². The molecule has 0 aromatic heterocycles. The van der Waals surface area contributed by atoms with Crippen molar-refractivity contribution in [3.05, 3.63) is 72.9 Å². The molecule has 0 amide bonds. The Labute approximate surface area is 423 Å². The lowest BCUT2D eigenvalue weighted by Gasteiger charge is -2.15. The van der Waals surface area contributed by atoms with E-state index in [4.69, 9.17) is 9.47 Å². The van der Waals surface area contributed by atoms with Crippen molar-refractivity contribution in [3.63, 3.8) is 0 Å². The molecule has 0 rings (SSSR count). The molecule has 0 radical (unpaired) electrons. The van der Waals surface area contributed by atoms with Gasteiger partial charge < -0.3 is 14.6 Å². The predicted octanol–water partition coefficient (Wildman–Crippen LogP) is 20.0. The molecule has 0 aromatic rings. The molecule has 0 aliphatic rings. The molecule has 1 unspecified atom stereocenters. The summed E-state index contributed by atoms with van der Waals surface area (Å²) in [5.41, 5.74) is 0. The number of aliphatic hydroxyl groups is 1. The molecule has 0 aromatic carbocycles. The first-order chi connectivity index (χ1) is 33.6. The smallest absolute Gasteiger partial charge is 0.306 e. The van der Waals surface area contributed by atoms with Crippen LogP contribution in [0.15, 0.2) is 72.9 Å². The maximum atomic E-state index is 12.2. The number of allylic oxidation sites excluding steroid dienone is 12. The van der Waals surface area contributed by atoms with E-state index in [1.54, 1.807) is 0 Å². The number of aliphatic hydroxyl groups excluding tert-OH is 1. The molecule has 0 fully saturated rings. The van der Waals surface area contributed by atoms with Crippen LogP contribution in [0.5, 0.6) is 0 Å². The zero-order valence-electron chi connectivity index (χ0n) is 45.1. The van der Waals surface area contributed by atoms with Crippen molar-refractivity contribution >= 4 is 11.9 Å². The van der Waals surface area contributed by atoms with Crippen molar-refractivity contribution in [3.8, 4) is 0 Å². The molecule has 394 valence electrons. The molecule has 1 N–H and O–H groups in total. The van der Waals surface area contributed by atoms with Crippen molar-refractivity contribution in [2.75, 3.05) is 13.2 Å². The third kappa shape index (κ3) is 55.9. The summed E-state index contributed by atoms with van der Waals surface area (Å²) in [4.78, 5) is 24.4. The molecular formula is C63H112O5. The summed E-state index contributed by atoms with van der Waals surface area (Å²) in [6.07, 6.45) is 80.8. The van der Waals surface area contributed by atoms with Gasteiger partial charge >= 0.3 is 11.9 Å². The molecule has 0 aliphatic carbocycles. The molecule has 0 bridgehead atoms. The fraction of sp³-hybridized carbons (Fsp3) is 0.778. The van der Waals surface area contributed by atoms with Crippen LogP contribution in [-0.2, 0) is 19.1 Å². The topological polar surface area (TPSA) is 72.8 Å². The lowest BCUT2D eigenvalue weighted by Crippen LogP contribution is -2.28. The Morgan fingerprint density at radius 2 is 0.662 bits per heavy atom. The number of carbonyl (C=O) groups excluding carboxylic acids is 2. The van der Waals surface area contributed by atoms with Gasteiger partial charge in [0.05, 0.1) is 6.61 Å². The first-order valence-electron chi connectivity index (χ1n) is 29.5. The lowest BCUT2D eigenvalue weighted by molar-refractivity contribution is -0.161. The number of rotatable bonds is 54. The quantitative estimate of drug-likeness (QED) is 0.0374. The average molecular weight is 950 g/mol. The van der Waals surface area contributed by atoms with Crippen molar-refractivity contribution in [2.45, 2.75) is 302 Å². The van der Waals surface area contributed by atoms with Gasteiger partial charge in [0.1, 0.15) is 6.61 Å². The van der Waals surface area contributed by atoms with E-state index >= 15 is 0 Å². The fourth-order valence-corrected chi connectivity index (χ4v) is 8.60. The van der Waals surface area contributed by atoms with Crippen LogP contribution in [0.1, 0.15) is 296 Å². The standard InChI is InChI=1S/C63H112O5/c1-3-5-7-9-11-13-15-17-18-19-20-21-22-23-24-25-26-27-28-29-30-31-32-33-34-35-36-37-38-39-40-41-42-43-44-46-47-49-51-53-55-57-62(65)67-60-61(59-64)68-63(66)58-56-54-52-50-48-45-16-14-12-10-8-6-4-2/h6,8,12,14-15,17,19-20,45,48,52,54,61,64H,3-5,7,9-11,13,16,18,21-44,46-47,49-51,53,55-60H2,1-2H3/b8-6-,14-12-,17-15-,20-19-,48-45-,54-52-. The van der Waals surface area contributed by atoms with Gasteiger partial charge in [-0.1, -0.05) is 286 Å². The highest BCUT2D eigenvalue weighted by atomic mass is 16.6. The third-order valence-corrected chi connectivity index (χ3v) is 13.0. The molecule has 0 saturated carbocycles. The molecule has 0 aliphatic heterocycles. The molecule has 5 nitrogen and oxygen atoms in total. The normalized spacial score (nSPS) is 12.7. The van der Waals surface area contributed by atoms with E-state index in [-0.39, 0.29) is 25.6 Å². The minimum atomic E-state index is -0.810. The second kappa shape index (κ2) is 58.7. The second-order valence-electron chi connectivity index (χ2n) is 19.7. The number of esters is 2. The number of unbranched alkanes of at least 4 members (excludes halogenated alkanes) is 34. The first kappa shape index (κ1) is 65.3. The first-order valence-corrected chi connectivity index (χ1v) is 29.5. The van der Waals surface area contributed by atoms with Crippen molar-refractivity contribution < 1.29 is 24.2 Å². The Hall–Kier alpha value is -2.66. The average Bonchev–Trinajstić information content (AvgIpc) is 3.34. The monoisotopic (exact) mass is 949 g/mol. The van der Waals surface area contributed by atoms with Gasteiger partial charge in [0.2, 0.25) is 0 Å². The Balaban J connectivity index is 3.38. The number of hydrogen-bond acceptors (Lipinski definition) is 5. The highest BCUT2D eigenvalue weighted by Crippen LogP contribution is 2.17. The lowest BCUT2D eigenvalue weighted by atomic mass is 10.0. The maximum absolute atomic E-state index is 12.2. The molecule has 0 saturated heterocycles. The van der Waals surface area contributed by atoms with Crippen LogP contribution in [-0.4, -0.2) is 36.4 Å². The summed E-state index contributed by atoms with van der Waals surface area (Å²) in [5.74, 6) is -0.678. The van der Waals surface area contributed by atoms with E-state index in [9.17, 15) is 14.7 Å². The highest BCUT2D eigenvalue weighted by molar-refractivity contribution is 5.70. The summed E-state index contributed by atoms with van der Waals surface area (Å²) in [7, 11) is 0. The van der Waals surface area contributed by atoms with Gasteiger partial charge in [-0.25, -0.2) is 0 Å². The molecule has 5 heteroatoms. The van der Waals surface area contributed by atoms with E-state index in [1.807, 2.05) is 12.2 Å². The predicted molar refractivity (Wildman–Crippen MR) is 297 cm³/mol. The van der Waals surface area contributed by atoms with Gasteiger partial charge in [-0.05, 0) is 70.6 Å². The maximum Gasteiger partial charge on any atom is 0.306 e. The van der Waals surface area contributed by atoms with Crippen molar-refractivity contribution in [1.82, 2.24) is 0 Å². The van der Waals surface area contributed by atoms with Crippen LogP contribution in [0.4, 0.5) is 0 Å². The largest absolute Gasteiger partial charge is 0.462 e. The fourth-order valence-electron chi connectivity index (χ4n) is 8.60. The van der Waals surface area contributed by atoms with Gasteiger partial charge in [0.15, 0.2) is 6.10 Å². The van der Waals surface area contributed by atoms with Crippen LogP contribution in [0, 0.1) is 0 Å². The molecule has 0 heterocycles. The Kier molecular flexibility index (Phi) is 56.4. The van der Waals surface area contributed by atoms with E-state index in [1.165, 1.54) is 212 Å². The molecule has 0 spiro atoms. The van der Waals surface area contributed by atoms with Crippen LogP contribution < -0.4 is 0 Å². The van der Waals surface area contributed by atoms with Gasteiger partial charge in [-0.15, -0.1) is 0 Å². The summed E-state index contributed by atoms with van der Waals surface area (Å²) in [5, 5.41) is 9.59. The second-order valence-corrected chi connectivity index (χ2v) is 19.7. The highest BCUT2D eigenvalue weighted by Gasteiger charge is 2.16. The van der Waals surface area contributed by atoms with E-state index in [0.29, 0.717) is 12.8 Å². The minimum Gasteiger partial charge on any atom is -0.462 e. The molecular weight excluding hydrogens is 837 g/mol. The Morgan fingerprint density at radius 3 is 1.01 bits per heavy atom.